The van der Waals surface area contributed by atoms with Crippen molar-refractivity contribution >= 4 is 17.2 Å². The van der Waals surface area contributed by atoms with Gasteiger partial charge in [-0.1, -0.05) is 39.8 Å². The van der Waals surface area contributed by atoms with E-state index in [0.717, 1.165) is 37.3 Å². The highest BCUT2D eigenvalue weighted by Crippen LogP contribution is 2.47. The number of thiazole rings is 1. The fourth-order valence-electron chi connectivity index (χ4n) is 5.66. The number of carbonyl (C=O) groups excluding carboxylic acids is 1. The predicted octanol–water partition coefficient (Wildman–Crippen LogP) is 5.16. The van der Waals surface area contributed by atoms with Crippen LogP contribution < -0.4 is 5.73 Å². The zero-order chi connectivity index (χ0) is 24.8. The van der Waals surface area contributed by atoms with Crippen molar-refractivity contribution in [3.63, 3.8) is 0 Å². The Balaban J connectivity index is 1.25. The Hall–Kier alpha value is -2.51. The summed E-state index contributed by atoms with van der Waals surface area (Å²) in [6.45, 7) is 10.9. The lowest BCUT2D eigenvalue weighted by molar-refractivity contribution is -0.133. The number of nitrogens with one attached hydrogen (secondary N) is 1. The number of H-pyrrole nitrogens is 1. The molecule has 5 rings (SSSR count). The lowest BCUT2D eigenvalue weighted by Crippen LogP contribution is -2.47. The van der Waals surface area contributed by atoms with Crippen molar-refractivity contribution in [2.24, 2.45) is 5.73 Å². The van der Waals surface area contributed by atoms with Gasteiger partial charge in [-0.2, -0.15) is 0 Å². The van der Waals surface area contributed by atoms with Gasteiger partial charge in [0.25, 0.3) is 0 Å². The second-order valence-electron chi connectivity index (χ2n) is 11.6. The first-order chi connectivity index (χ1) is 16.6. The normalized spacial score (nSPS) is 20.4. The number of piperidine rings is 1. The van der Waals surface area contributed by atoms with Gasteiger partial charge in [0, 0.05) is 48.3 Å². The molecule has 3 N–H and O–H groups in total. The van der Waals surface area contributed by atoms with Crippen LogP contribution in [0.25, 0.3) is 11.3 Å². The standard InChI is InChI=1S/C28H37N5OS/c1-27(2)9-10-28(3,4)22-13-19(5-6-21(22)27)24-16-35-25(32-24)18-7-11-33(12-8-18)26(34)23(29)14-20-15-30-17-31-20/h5-6,13,15-18,23H,7-12,14,29H2,1-4H3,(H,30,31). The summed E-state index contributed by atoms with van der Waals surface area (Å²) in [4.78, 5) is 26.8. The van der Waals surface area contributed by atoms with E-state index in [1.807, 2.05) is 4.90 Å². The molecular formula is C28H37N5OS. The Morgan fingerprint density at radius 1 is 1.17 bits per heavy atom. The molecule has 1 fully saturated rings. The smallest absolute Gasteiger partial charge is 0.239 e. The van der Waals surface area contributed by atoms with Gasteiger partial charge in [0.05, 0.1) is 23.1 Å². The van der Waals surface area contributed by atoms with Crippen LogP contribution in [0.15, 0.2) is 36.1 Å². The Kier molecular flexibility index (Phi) is 6.34. The van der Waals surface area contributed by atoms with Gasteiger partial charge in [0.15, 0.2) is 0 Å². The largest absolute Gasteiger partial charge is 0.348 e. The molecular weight excluding hydrogens is 454 g/mol. The first-order valence-electron chi connectivity index (χ1n) is 12.8. The summed E-state index contributed by atoms with van der Waals surface area (Å²) in [5, 5.41) is 3.39. The van der Waals surface area contributed by atoms with Crippen LogP contribution in [0.3, 0.4) is 0 Å². The van der Waals surface area contributed by atoms with Crippen LogP contribution in [-0.2, 0) is 22.0 Å². The number of nitrogens with two attached hydrogens (primary N) is 1. The number of hydrogen-bond acceptors (Lipinski definition) is 5. The van der Waals surface area contributed by atoms with Crippen molar-refractivity contribution in [3.05, 3.63) is 57.9 Å². The van der Waals surface area contributed by atoms with Crippen LogP contribution in [0.4, 0.5) is 0 Å². The minimum atomic E-state index is -0.531. The number of benzene rings is 1. The molecule has 1 amide bonds. The molecule has 3 aromatic rings. The molecule has 35 heavy (non-hydrogen) atoms. The molecule has 2 aliphatic rings. The SMILES string of the molecule is CC1(C)CCC(C)(C)c2cc(-c3csc(C4CCN(C(=O)C(N)Cc5cnc[nH]5)CC4)n3)ccc21. The average Bonchev–Trinajstić information content (AvgIpc) is 3.54. The molecule has 1 aromatic carbocycles. The topological polar surface area (TPSA) is 87.9 Å². The van der Waals surface area contributed by atoms with Gasteiger partial charge < -0.3 is 15.6 Å². The molecule has 1 atom stereocenters. The molecule has 6 nitrogen and oxygen atoms in total. The van der Waals surface area contributed by atoms with Gasteiger partial charge in [0.1, 0.15) is 0 Å². The summed E-state index contributed by atoms with van der Waals surface area (Å²) in [5.74, 6) is 0.423. The highest BCUT2D eigenvalue weighted by Gasteiger charge is 2.37. The molecule has 7 heteroatoms. The molecule has 186 valence electrons. The van der Waals surface area contributed by atoms with Gasteiger partial charge in [-0.15, -0.1) is 11.3 Å². The first kappa shape index (κ1) is 24.2. The Morgan fingerprint density at radius 3 is 2.57 bits per heavy atom. The molecule has 2 aromatic heterocycles. The molecule has 0 saturated carbocycles. The molecule has 0 radical (unpaired) electrons. The van der Waals surface area contributed by atoms with E-state index >= 15 is 0 Å². The van der Waals surface area contributed by atoms with E-state index in [1.54, 1.807) is 23.9 Å². The maximum Gasteiger partial charge on any atom is 0.239 e. The number of amides is 1. The maximum absolute atomic E-state index is 12.8. The van der Waals surface area contributed by atoms with E-state index < -0.39 is 6.04 Å². The third kappa shape index (κ3) is 4.81. The van der Waals surface area contributed by atoms with Crippen molar-refractivity contribution in [1.29, 1.82) is 0 Å². The van der Waals surface area contributed by atoms with Crippen LogP contribution in [0.1, 0.15) is 81.1 Å². The van der Waals surface area contributed by atoms with Crippen molar-refractivity contribution in [2.45, 2.75) is 82.6 Å². The summed E-state index contributed by atoms with van der Waals surface area (Å²) in [6.07, 6.45) is 8.13. The van der Waals surface area contributed by atoms with E-state index in [1.165, 1.54) is 34.5 Å². The zero-order valence-electron chi connectivity index (χ0n) is 21.3. The molecule has 1 aliphatic heterocycles. The van der Waals surface area contributed by atoms with E-state index in [9.17, 15) is 4.79 Å². The minimum Gasteiger partial charge on any atom is -0.348 e. The number of fused-ring (bicyclic) bond motifs is 1. The van der Waals surface area contributed by atoms with Crippen LogP contribution in [0, 0.1) is 0 Å². The Bertz CT molecular complexity index is 1190. The number of hydrogen-bond donors (Lipinski definition) is 2. The highest BCUT2D eigenvalue weighted by atomic mass is 32.1. The average molecular weight is 492 g/mol. The van der Waals surface area contributed by atoms with E-state index in [2.05, 4.69) is 61.2 Å². The van der Waals surface area contributed by atoms with E-state index in [4.69, 9.17) is 10.7 Å². The lowest BCUT2D eigenvalue weighted by Gasteiger charge is -2.42. The summed E-state index contributed by atoms with van der Waals surface area (Å²) in [6, 6.07) is 6.44. The third-order valence-corrected chi connectivity index (χ3v) is 9.15. The van der Waals surface area contributed by atoms with Gasteiger partial charge in [-0.05, 0) is 53.7 Å². The number of nitrogens with zero attached hydrogens (tertiary/aromatic N) is 3. The van der Waals surface area contributed by atoms with Gasteiger partial charge >= 0.3 is 0 Å². The highest BCUT2D eigenvalue weighted by molar-refractivity contribution is 7.10. The first-order valence-corrected chi connectivity index (χ1v) is 13.6. The van der Waals surface area contributed by atoms with Crippen LogP contribution in [0.2, 0.25) is 0 Å². The van der Waals surface area contributed by atoms with Gasteiger partial charge in [-0.25, -0.2) is 9.97 Å². The van der Waals surface area contributed by atoms with Gasteiger partial charge in [-0.3, -0.25) is 4.79 Å². The third-order valence-electron chi connectivity index (χ3n) is 8.14. The monoisotopic (exact) mass is 491 g/mol. The molecule has 0 bridgehead atoms. The summed E-state index contributed by atoms with van der Waals surface area (Å²) in [7, 11) is 0. The molecule has 0 spiro atoms. The van der Waals surface area contributed by atoms with Crippen molar-refractivity contribution < 1.29 is 4.79 Å². The minimum absolute atomic E-state index is 0.0254. The lowest BCUT2D eigenvalue weighted by atomic mass is 9.63. The number of carbonyl (C=O) groups is 1. The molecule has 1 unspecified atom stereocenters. The maximum atomic E-state index is 12.8. The fourth-order valence-corrected chi connectivity index (χ4v) is 6.66. The second-order valence-corrected chi connectivity index (χ2v) is 12.5. The zero-order valence-corrected chi connectivity index (χ0v) is 22.1. The molecule has 1 aliphatic carbocycles. The van der Waals surface area contributed by atoms with Crippen molar-refractivity contribution in [2.75, 3.05) is 13.1 Å². The summed E-state index contributed by atoms with van der Waals surface area (Å²) in [5.41, 5.74) is 12.7. The molecule has 3 heterocycles. The number of aromatic amines is 1. The van der Waals surface area contributed by atoms with E-state index in [-0.39, 0.29) is 16.7 Å². The second kappa shape index (κ2) is 9.17. The van der Waals surface area contributed by atoms with Crippen LogP contribution >= 0.6 is 11.3 Å². The number of aromatic nitrogens is 3. The van der Waals surface area contributed by atoms with E-state index in [0.29, 0.717) is 12.3 Å². The van der Waals surface area contributed by atoms with Gasteiger partial charge in [0.2, 0.25) is 5.91 Å². The Labute approximate surface area is 212 Å². The van der Waals surface area contributed by atoms with Crippen LogP contribution in [0.5, 0.6) is 0 Å². The van der Waals surface area contributed by atoms with Crippen molar-refractivity contribution in [3.8, 4) is 11.3 Å². The number of imidazole rings is 1. The Morgan fingerprint density at radius 2 is 1.89 bits per heavy atom. The summed E-state index contributed by atoms with van der Waals surface area (Å²) < 4.78 is 0. The predicted molar refractivity (Wildman–Crippen MR) is 142 cm³/mol. The van der Waals surface area contributed by atoms with Crippen LogP contribution in [-0.4, -0.2) is 44.9 Å². The number of rotatable bonds is 5. The number of likely N-dealkylation sites (tertiary alicyclic amines) is 1. The molecule has 1 saturated heterocycles. The summed E-state index contributed by atoms with van der Waals surface area (Å²) >= 11 is 1.76. The quantitative estimate of drug-likeness (QED) is 0.516. The fraction of sp³-hybridized carbons (Fsp3) is 0.536. The van der Waals surface area contributed by atoms with Crippen molar-refractivity contribution in [1.82, 2.24) is 19.9 Å².